The Labute approximate surface area is 132 Å². The fourth-order valence-corrected chi connectivity index (χ4v) is 2.81. The van der Waals surface area contributed by atoms with Crippen molar-refractivity contribution in [2.45, 2.75) is 46.6 Å². The molecule has 5 heteroatoms. The van der Waals surface area contributed by atoms with E-state index in [9.17, 15) is 10.1 Å². The molecule has 0 heterocycles. The molecule has 21 heavy (non-hydrogen) atoms. The van der Waals surface area contributed by atoms with Gasteiger partial charge in [0.05, 0.1) is 4.92 Å². The summed E-state index contributed by atoms with van der Waals surface area (Å²) in [5, 5.41) is 15.1. The second-order valence-corrected chi connectivity index (χ2v) is 6.32. The number of nitrogens with zero attached hydrogens (tertiary/aromatic N) is 1. The van der Waals surface area contributed by atoms with Crippen LogP contribution in [0.5, 0.6) is 0 Å². The van der Waals surface area contributed by atoms with Gasteiger partial charge in [-0.15, -0.1) is 0 Å². The van der Waals surface area contributed by atoms with Crippen LogP contribution in [-0.4, -0.2) is 17.5 Å². The minimum Gasteiger partial charge on any atom is -0.314 e. The molecule has 0 saturated heterocycles. The van der Waals surface area contributed by atoms with Crippen LogP contribution in [-0.2, 0) is 6.42 Å². The fraction of sp³-hybridized carbons (Fsp3) is 0.625. The van der Waals surface area contributed by atoms with E-state index >= 15 is 0 Å². The molecule has 0 aliphatic heterocycles. The van der Waals surface area contributed by atoms with Crippen molar-refractivity contribution < 1.29 is 4.92 Å². The zero-order valence-electron chi connectivity index (χ0n) is 13.2. The van der Waals surface area contributed by atoms with Crippen LogP contribution < -0.4 is 5.32 Å². The highest BCUT2D eigenvalue weighted by atomic mass is 35.5. The predicted molar refractivity (Wildman–Crippen MR) is 87.9 cm³/mol. The molecule has 1 aromatic rings. The maximum absolute atomic E-state index is 11.2. The van der Waals surface area contributed by atoms with Gasteiger partial charge < -0.3 is 5.32 Å². The van der Waals surface area contributed by atoms with Gasteiger partial charge in [0, 0.05) is 22.7 Å². The van der Waals surface area contributed by atoms with Gasteiger partial charge in [0.15, 0.2) is 0 Å². The Bertz CT molecular complexity index is 477. The highest BCUT2D eigenvalue weighted by molar-refractivity contribution is 6.30. The van der Waals surface area contributed by atoms with E-state index in [1.807, 2.05) is 0 Å². The van der Waals surface area contributed by atoms with Crippen molar-refractivity contribution >= 4 is 17.3 Å². The topological polar surface area (TPSA) is 55.2 Å². The molecule has 1 N–H and O–H groups in total. The van der Waals surface area contributed by atoms with Gasteiger partial charge in [-0.25, -0.2) is 0 Å². The first kappa shape index (κ1) is 17.9. The Hall–Kier alpha value is -1.13. The summed E-state index contributed by atoms with van der Waals surface area (Å²) in [7, 11) is 0. The first-order valence-electron chi connectivity index (χ1n) is 7.53. The number of nitro benzene ring substituents is 1. The Morgan fingerprint density at radius 2 is 2.00 bits per heavy atom. The van der Waals surface area contributed by atoms with Crippen LogP contribution in [0.15, 0.2) is 18.2 Å². The van der Waals surface area contributed by atoms with Crippen molar-refractivity contribution in [2.24, 2.45) is 11.8 Å². The number of benzene rings is 1. The second kappa shape index (κ2) is 8.35. The lowest BCUT2D eigenvalue weighted by Gasteiger charge is -2.28. The number of halogens is 1. The van der Waals surface area contributed by atoms with Crippen molar-refractivity contribution in [3.8, 4) is 0 Å². The molecule has 2 unspecified atom stereocenters. The Balaban J connectivity index is 2.96. The number of rotatable bonds is 8. The molecule has 0 aliphatic carbocycles. The molecule has 118 valence electrons. The molecule has 4 nitrogen and oxygen atoms in total. The summed E-state index contributed by atoms with van der Waals surface area (Å²) < 4.78 is 0. The molecular formula is C16H25ClN2O2. The van der Waals surface area contributed by atoms with Crippen LogP contribution in [0.2, 0.25) is 5.02 Å². The van der Waals surface area contributed by atoms with Crippen LogP contribution >= 0.6 is 11.6 Å². The lowest BCUT2D eigenvalue weighted by molar-refractivity contribution is -0.385. The quantitative estimate of drug-likeness (QED) is 0.570. The van der Waals surface area contributed by atoms with Crippen LogP contribution in [0.1, 0.15) is 39.7 Å². The Morgan fingerprint density at radius 3 is 2.52 bits per heavy atom. The number of nitrogens with one attached hydrogen (secondary N) is 1. The zero-order valence-corrected chi connectivity index (χ0v) is 14.0. The zero-order chi connectivity index (χ0) is 16.0. The first-order chi connectivity index (χ1) is 9.86. The smallest absolute Gasteiger partial charge is 0.274 e. The number of nitro groups is 1. The van der Waals surface area contributed by atoms with Crippen molar-refractivity contribution in [3.63, 3.8) is 0 Å². The summed E-state index contributed by atoms with van der Waals surface area (Å²) >= 11 is 5.87. The Kier molecular flexibility index (Phi) is 7.12. The lowest BCUT2D eigenvalue weighted by atomic mass is 9.83. The third kappa shape index (κ3) is 5.29. The van der Waals surface area contributed by atoms with Crippen LogP contribution in [0, 0.1) is 22.0 Å². The van der Waals surface area contributed by atoms with Gasteiger partial charge in [-0.05, 0) is 44.2 Å². The van der Waals surface area contributed by atoms with Crippen molar-refractivity contribution in [2.75, 3.05) is 6.54 Å². The second-order valence-electron chi connectivity index (χ2n) is 5.88. The molecule has 0 spiro atoms. The maximum atomic E-state index is 11.2. The number of hydrogen-bond acceptors (Lipinski definition) is 3. The van der Waals surface area contributed by atoms with E-state index in [2.05, 4.69) is 33.0 Å². The molecular weight excluding hydrogens is 288 g/mol. The fourth-order valence-electron chi connectivity index (χ4n) is 2.65. The van der Waals surface area contributed by atoms with Crippen LogP contribution in [0.3, 0.4) is 0 Å². The highest BCUT2D eigenvalue weighted by Gasteiger charge is 2.24. The van der Waals surface area contributed by atoms with E-state index in [1.54, 1.807) is 12.1 Å². The summed E-state index contributed by atoms with van der Waals surface area (Å²) in [5.41, 5.74) is 0.879. The van der Waals surface area contributed by atoms with Crippen LogP contribution in [0.4, 0.5) is 5.69 Å². The van der Waals surface area contributed by atoms with E-state index in [-0.39, 0.29) is 10.6 Å². The van der Waals surface area contributed by atoms with Gasteiger partial charge in [0.1, 0.15) is 0 Å². The van der Waals surface area contributed by atoms with Gasteiger partial charge in [-0.3, -0.25) is 10.1 Å². The Morgan fingerprint density at radius 1 is 1.33 bits per heavy atom. The summed E-state index contributed by atoms with van der Waals surface area (Å²) in [5.74, 6) is 0.788. The SMILES string of the molecule is CCCNC(C)C(Cc1ccc(Cl)cc1[N+](=O)[O-])C(C)C. The average Bonchev–Trinajstić information content (AvgIpc) is 2.42. The highest BCUT2D eigenvalue weighted by Crippen LogP contribution is 2.29. The summed E-state index contributed by atoms with van der Waals surface area (Å²) in [6, 6.07) is 5.27. The van der Waals surface area contributed by atoms with Gasteiger partial charge in [0.25, 0.3) is 5.69 Å². The third-order valence-electron chi connectivity index (χ3n) is 3.91. The number of hydrogen-bond donors (Lipinski definition) is 1. The monoisotopic (exact) mass is 312 g/mol. The normalized spacial score (nSPS) is 14.2. The summed E-state index contributed by atoms with van der Waals surface area (Å²) in [6.45, 7) is 9.58. The predicted octanol–water partition coefficient (Wildman–Crippen LogP) is 4.45. The lowest BCUT2D eigenvalue weighted by Crippen LogP contribution is -2.37. The molecule has 0 amide bonds. The molecule has 1 aromatic carbocycles. The van der Waals surface area contributed by atoms with E-state index < -0.39 is 0 Å². The maximum Gasteiger partial charge on any atom is 0.274 e. The first-order valence-corrected chi connectivity index (χ1v) is 7.90. The molecule has 0 radical (unpaired) electrons. The van der Waals surface area contributed by atoms with Gasteiger partial charge in [-0.1, -0.05) is 38.4 Å². The summed E-state index contributed by atoms with van der Waals surface area (Å²) in [4.78, 5) is 10.9. The largest absolute Gasteiger partial charge is 0.314 e. The molecule has 0 saturated carbocycles. The third-order valence-corrected chi connectivity index (χ3v) is 4.15. The van der Waals surface area contributed by atoms with E-state index in [0.717, 1.165) is 18.5 Å². The average molecular weight is 313 g/mol. The van der Waals surface area contributed by atoms with Gasteiger partial charge in [0.2, 0.25) is 0 Å². The summed E-state index contributed by atoms with van der Waals surface area (Å²) in [6.07, 6.45) is 1.76. The van der Waals surface area contributed by atoms with Crippen molar-refractivity contribution in [1.29, 1.82) is 0 Å². The molecule has 1 rings (SSSR count). The van der Waals surface area contributed by atoms with Crippen molar-refractivity contribution in [3.05, 3.63) is 38.9 Å². The minimum absolute atomic E-state index is 0.121. The molecule has 0 fully saturated rings. The minimum atomic E-state index is -0.345. The van der Waals surface area contributed by atoms with Gasteiger partial charge >= 0.3 is 0 Å². The molecule has 0 aromatic heterocycles. The molecule has 0 bridgehead atoms. The van der Waals surface area contributed by atoms with Crippen molar-refractivity contribution in [1.82, 2.24) is 5.32 Å². The van der Waals surface area contributed by atoms with Crippen LogP contribution in [0.25, 0.3) is 0 Å². The standard InChI is InChI=1S/C16H25ClN2O2/c1-5-8-18-12(4)15(11(2)3)9-13-6-7-14(17)10-16(13)19(20)21/h6-7,10-12,15,18H,5,8-9H2,1-4H3. The van der Waals surface area contributed by atoms with E-state index in [0.29, 0.717) is 29.3 Å². The van der Waals surface area contributed by atoms with E-state index in [4.69, 9.17) is 11.6 Å². The van der Waals surface area contributed by atoms with Gasteiger partial charge in [-0.2, -0.15) is 0 Å². The van der Waals surface area contributed by atoms with E-state index in [1.165, 1.54) is 6.07 Å². The molecule has 2 atom stereocenters. The molecule has 0 aliphatic rings.